The summed E-state index contributed by atoms with van der Waals surface area (Å²) >= 11 is 0. The van der Waals surface area contributed by atoms with Crippen molar-refractivity contribution in [1.29, 1.82) is 0 Å². The van der Waals surface area contributed by atoms with Gasteiger partial charge < -0.3 is 0 Å². The molecule has 0 radical (unpaired) electrons. The van der Waals surface area contributed by atoms with Crippen molar-refractivity contribution in [2.24, 2.45) is 0 Å². The second-order valence-corrected chi connectivity index (χ2v) is 6.07. The summed E-state index contributed by atoms with van der Waals surface area (Å²) < 4.78 is 78.6. The fourth-order valence-electron chi connectivity index (χ4n) is 2.15. The number of nitrogens with zero attached hydrogens (tertiary/aromatic N) is 3. The Kier molecular flexibility index (Phi) is 5.15. The predicted molar refractivity (Wildman–Crippen MR) is 85.1 cm³/mol. The number of hydrazine groups is 1. The highest BCUT2D eigenvalue weighted by molar-refractivity contribution is 5.89. The van der Waals surface area contributed by atoms with Crippen LogP contribution in [0, 0.1) is 0 Å². The first-order valence-electron chi connectivity index (χ1n) is 7.97. The molecule has 0 atom stereocenters. The molecular weight excluding hydrogens is 392 g/mol. The Hall–Kier alpha value is -2.89. The van der Waals surface area contributed by atoms with Crippen LogP contribution in [0.15, 0.2) is 30.6 Å². The van der Waals surface area contributed by atoms with Crippen molar-refractivity contribution in [3.8, 4) is 11.4 Å². The van der Waals surface area contributed by atoms with Gasteiger partial charge in [-0.15, -0.1) is 5.10 Å². The summed E-state index contributed by atoms with van der Waals surface area (Å²) in [5.74, 6) is -0.847. The molecule has 0 unspecified atom stereocenters. The number of carbonyl (C=O) groups is 1. The maximum absolute atomic E-state index is 12.9. The van der Waals surface area contributed by atoms with Crippen LogP contribution in [0.2, 0.25) is 0 Å². The van der Waals surface area contributed by atoms with Crippen LogP contribution < -0.4 is 10.9 Å². The molecule has 12 heteroatoms. The van der Waals surface area contributed by atoms with Gasteiger partial charge in [-0.25, -0.2) is 15.1 Å². The van der Waals surface area contributed by atoms with E-state index in [0.717, 1.165) is 29.9 Å². The first-order chi connectivity index (χ1) is 13.0. The third-order valence-electron chi connectivity index (χ3n) is 3.71. The first kappa shape index (κ1) is 19.9. The van der Waals surface area contributed by atoms with Crippen LogP contribution in [0.5, 0.6) is 0 Å². The molecule has 1 aromatic heterocycles. The monoisotopic (exact) mass is 405 g/mol. The Labute approximate surface area is 154 Å². The molecule has 0 spiro atoms. The third-order valence-corrected chi connectivity index (χ3v) is 3.71. The SMILES string of the molecule is O=C(/C=C\n1cnc(-c2cc(C(F)(F)F)cc(C(F)(F)F)c2)n1)NNC1CC1. The van der Waals surface area contributed by atoms with Crippen LogP contribution in [0.3, 0.4) is 0 Å². The molecule has 1 amide bonds. The van der Waals surface area contributed by atoms with Crippen LogP contribution >= 0.6 is 0 Å². The van der Waals surface area contributed by atoms with Gasteiger partial charge in [-0.3, -0.25) is 10.2 Å². The zero-order valence-electron chi connectivity index (χ0n) is 14.0. The molecule has 150 valence electrons. The van der Waals surface area contributed by atoms with E-state index in [1.54, 1.807) is 0 Å². The fourth-order valence-corrected chi connectivity index (χ4v) is 2.15. The van der Waals surface area contributed by atoms with Crippen molar-refractivity contribution < 1.29 is 31.1 Å². The van der Waals surface area contributed by atoms with Crippen LogP contribution in [-0.4, -0.2) is 26.7 Å². The molecule has 1 heterocycles. The average molecular weight is 405 g/mol. The van der Waals surface area contributed by atoms with Gasteiger partial charge in [-0.05, 0) is 31.0 Å². The highest BCUT2D eigenvalue weighted by Gasteiger charge is 2.37. The van der Waals surface area contributed by atoms with E-state index in [1.807, 2.05) is 0 Å². The minimum atomic E-state index is -4.97. The number of hydrogen-bond acceptors (Lipinski definition) is 4. The quantitative estimate of drug-likeness (QED) is 0.455. The molecule has 1 aromatic carbocycles. The Morgan fingerprint density at radius 2 is 1.68 bits per heavy atom. The molecule has 3 rings (SSSR count). The number of amides is 1. The van der Waals surface area contributed by atoms with E-state index in [9.17, 15) is 31.1 Å². The molecule has 6 nitrogen and oxygen atoms in total. The van der Waals surface area contributed by atoms with Gasteiger partial charge in [0.25, 0.3) is 5.91 Å². The van der Waals surface area contributed by atoms with Crippen molar-refractivity contribution in [3.05, 3.63) is 41.7 Å². The molecule has 0 saturated heterocycles. The van der Waals surface area contributed by atoms with E-state index in [4.69, 9.17) is 0 Å². The zero-order valence-corrected chi connectivity index (χ0v) is 14.0. The maximum atomic E-state index is 12.9. The van der Waals surface area contributed by atoms with Crippen LogP contribution in [0.4, 0.5) is 26.3 Å². The molecule has 1 aliphatic rings. The van der Waals surface area contributed by atoms with Gasteiger partial charge in [0, 0.05) is 23.9 Å². The van der Waals surface area contributed by atoms with Crippen molar-refractivity contribution in [2.75, 3.05) is 0 Å². The van der Waals surface area contributed by atoms with Crippen molar-refractivity contribution in [2.45, 2.75) is 31.2 Å². The lowest BCUT2D eigenvalue weighted by atomic mass is 10.0. The molecule has 2 aromatic rings. The Morgan fingerprint density at radius 3 is 2.21 bits per heavy atom. The number of hydrogen-bond donors (Lipinski definition) is 2. The molecule has 0 bridgehead atoms. The predicted octanol–water partition coefficient (Wildman–Crippen LogP) is 3.24. The topological polar surface area (TPSA) is 71.8 Å². The Balaban J connectivity index is 1.82. The lowest BCUT2D eigenvalue weighted by molar-refractivity contribution is -0.143. The van der Waals surface area contributed by atoms with E-state index in [0.29, 0.717) is 12.1 Å². The lowest BCUT2D eigenvalue weighted by Gasteiger charge is -2.13. The minimum Gasteiger partial charge on any atom is -0.288 e. The first-order valence-corrected chi connectivity index (χ1v) is 7.97. The number of halogens is 6. The zero-order chi connectivity index (χ0) is 20.5. The highest BCUT2D eigenvalue weighted by atomic mass is 19.4. The van der Waals surface area contributed by atoms with E-state index < -0.39 is 35.0 Å². The van der Waals surface area contributed by atoms with Crippen LogP contribution in [0.25, 0.3) is 17.6 Å². The molecule has 1 saturated carbocycles. The summed E-state index contributed by atoms with van der Waals surface area (Å²) in [6, 6.07) is 1.33. The van der Waals surface area contributed by atoms with E-state index in [1.165, 1.54) is 6.20 Å². The van der Waals surface area contributed by atoms with Crippen molar-refractivity contribution in [3.63, 3.8) is 0 Å². The third kappa shape index (κ3) is 5.09. The van der Waals surface area contributed by atoms with Gasteiger partial charge in [0.2, 0.25) is 0 Å². The van der Waals surface area contributed by atoms with E-state index in [2.05, 4.69) is 20.9 Å². The van der Waals surface area contributed by atoms with Crippen molar-refractivity contribution in [1.82, 2.24) is 25.6 Å². The normalized spacial score (nSPS) is 15.2. The van der Waals surface area contributed by atoms with Gasteiger partial charge in [0.1, 0.15) is 6.33 Å². The number of carbonyl (C=O) groups excluding carboxylic acids is 1. The minimum absolute atomic E-state index is 0.0254. The standard InChI is InChI=1S/C16H13F6N5O/c17-15(18,19)10-5-9(6-11(7-10)16(20,21)22)14-23-8-27(26-14)4-3-13(28)25-24-12-1-2-12/h3-8,12,24H,1-2H2,(H,25,28)/b4-3-. The van der Waals surface area contributed by atoms with Crippen LogP contribution in [0.1, 0.15) is 24.0 Å². The van der Waals surface area contributed by atoms with Crippen LogP contribution in [-0.2, 0) is 17.1 Å². The second-order valence-electron chi connectivity index (χ2n) is 6.07. The molecule has 1 fully saturated rings. The fraction of sp³-hybridized carbons (Fsp3) is 0.312. The van der Waals surface area contributed by atoms with Gasteiger partial charge >= 0.3 is 12.4 Å². The largest absolute Gasteiger partial charge is 0.416 e. The van der Waals surface area contributed by atoms with Gasteiger partial charge in [0.15, 0.2) is 5.82 Å². The summed E-state index contributed by atoms with van der Waals surface area (Å²) in [4.78, 5) is 15.3. The number of alkyl halides is 6. The molecule has 2 N–H and O–H groups in total. The van der Waals surface area contributed by atoms with E-state index in [-0.39, 0.29) is 17.9 Å². The summed E-state index contributed by atoms with van der Waals surface area (Å²) in [5.41, 5.74) is 1.79. The second kappa shape index (κ2) is 7.26. The molecule has 0 aliphatic heterocycles. The highest BCUT2D eigenvalue weighted by Crippen LogP contribution is 2.38. The average Bonchev–Trinajstić information content (AvgIpc) is 3.32. The van der Waals surface area contributed by atoms with Gasteiger partial charge in [-0.2, -0.15) is 26.3 Å². The summed E-state index contributed by atoms with van der Waals surface area (Å²) in [6.07, 6.45) is -4.72. The molecule has 1 aliphatic carbocycles. The Bertz CT molecular complexity index is 865. The number of benzene rings is 1. The van der Waals surface area contributed by atoms with E-state index >= 15 is 0 Å². The lowest BCUT2D eigenvalue weighted by Crippen LogP contribution is -2.37. The van der Waals surface area contributed by atoms with Gasteiger partial charge in [-0.1, -0.05) is 0 Å². The van der Waals surface area contributed by atoms with Crippen molar-refractivity contribution >= 4 is 12.1 Å². The Morgan fingerprint density at radius 1 is 1.07 bits per heavy atom. The number of rotatable bonds is 5. The summed E-state index contributed by atoms with van der Waals surface area (Å²) in [7, 11) is 0. The molecule has 28 heavy (non-hydrogen) atoms. The summed E-state index contributed by atoms with van der Waals surface area (Å²) in [6.45, 7) is 0. The maximum Gasteiger partial charge on any atom is 0.416 e. The number of nitrogens with one attached hydrogen (secondary N) is 2. The molecular formula is C16H13F6N5O. The summed E-state index contributed by atoms with van der Waals surface area (Å²) in [5, 5.41) is 3.79. The number of aromatic nitrogens is 3. The van der Waals surface area contributed by atoms with Gasteiger partial charge in [0.05, 0.1) is 11.1 Å². The smallest absolute Gasteiger partial charge is 0.288 e.